The molecule has 250 valence electrons. The molecule has 4 aromatic carbocycles. The van der Waals surface area contributed by atoms with E-state index in [-0.39, 0.29) is 23.6 Å². The summed E-state index contributed by atoms with van der Waals surface area (Å²) in [5.74, 6) is -0.786. The minimum absolute atomic E-state index is 0.194. The van der Waals surface area contributed by atoms with Gasteiger partial charge in [-0.05, 0) is 105 Å². The van der Waals surface area contributed by atoms with Crippen LogP contribution in [0.2, 0.25) is 0 Å². The Labute approximate surface area is 286 Å². The molecule has 0 atom stereocenters. The summed E-state index contributed by atoms with van der Waals surface area (Å²) in [5.41, 5.74) is 4.91. The zero-order valence-corrected chi connectivity index (χ0v) is 28.4. The van der Waals surface area contributed by atoms with Gasteiger partial charge in [0.2, 0.25) is 6.33 Å². The third kappa shape index (κ3) is 5.94. The van der Waals surface area contributed by atoms with E-state index in [9.17, 15) is 19.2 Å². The fraction of sp³-hybridized carbons (Fsp3) is 0.341. The largest absolute Gasteiger partial charge is 0.275 e. The predicted molar refractivity (Wildman–Crippen MR) is 190 cm³/mol. The summed E-state index contributed by atoms with van der Waals surface area (Å²) in [6.07, 6.45) is 14.8. The molecule has 8 heteroatoms. The summed E-state index contributed by atoms with van der Waals surface area (Å²) >= 11 is 0. The van der Waals surface area contributed by atoms with E-state index < -0.39 is 0 Å². The lowest BCUT2D eigenvalue weighted by Crippen LogP contribution is -2.40. The molecule has 4 amide bonds. The quantitative estimate of drug-likeness (QED) is 0.0724. The molecule has 1 aromatic heterocycles. The van der Waals surface area contributed by atoms with Crippen LogP contribution in [0.25, 0.3) is 21.5 Å². The van der Waals surface area contributed by atoms with Crippen molar-refractivity contribution in [3.63, 3.8) is 0 Å². The van der Waals surface area contributed by atoms with Crippen molar-refractivity contribution < 1.29 is 23.7 Å². The SMILES string of the molecule is CCN1C(=O)c2cccc3c(CCCCCC[n+]4ccn(CCCCc5ccc6c7c(cccc57)C(=O)N(CC)C6=O)c4)ccc(c23)C1=O. The number of hydrogen-bond acceptors (Lipinski definition) is 4. The Morgan fingerprint density at radius 2 is 1.04 bits per heavy atom. The first-order chi connectivity index (χ1) is 23.9. The summed E-state index contributed by atoms with van der Waals surface area (Å²) in [4.78, 5) is 54.3. The van der Waals surface area contributed by atoms with E-state index in [0.29, 0.717) is 35.3 Å². The van der Waals surface area contributed by atoms with E-state index in [4.69, 9.17) is 0 Å². The molecular formula is C41H43N4O4+. The van der Waals surface area contributed by atoms with E-state index in [1.165, 1.54) is 20.9 Å². The number of imidazole rings is 1. The van der Waals surface area contributed by atoms with Gasteiger partial charge in [0.05, 0.1) is 13.1 Å². The molecule has 0 radical (unpaired) electrons. The van der Waals surface area contributed by atoms with Gasteiger partial charge in [-0.15, -0.1) is 0 Å². The van der Waals surface area contributed by atoms with Crippen LogP contribution >= 0.6 is 0 Å². The molecule has 2 aliphatic heterocycles. The molecule has 0 fully saturated rings. The average molecular weight is 656 g/mol. The smallest absolute Gasteiger partial charge is 0.261 e. The predicted octanol–water partition coefficient (Wildman–Crippen LogP) is 7.14. The van der Waals surface area contributed by atoms with Crippen LogP contribution in [0.15, 0.2) is 79.4 Å². The van der Waals surface area contributed by atoms with E-state index in [1.54, 1.807) is 0 Å². The molecule has 7 rings (SSSR count). The third-order valence-electron chi connectivity index (χ3n) is 10.3. The summed E-state index contributed by atoms with van der Waals surface area (Å²) in [6.45, 7) is 6.35. The van der Waals surface area contributed by atoms with E-state index in [2.05, 4.69) is 40.0 Å². The Hall–Kier alpha value is -5.11. The van der Waals surface area contributed by atoms with E-state index in [0.717, 1.165) is 86.0 Å². The average Bonchev–Trinajstić information content (AvgIpc) is 3.57. The van der Waals surface area contributed by atoms with Crippen LogP contribution < -0.4 is 4.57 Å². The number of rotatable bonds is 14. The Kier molecular flexibility index (Phi) is 9.13. The van der Waals surface area contributed by atoms with Gasteiger partial charge in [-0.25, -0.2) is 9.13 Å². The molecule has 0 bridgehead atoms. The molecule has 3 heterocycles. The second kappa shape index (κ2) is 13.8. The van der Waals surface area contributed by atoms with Crippen molar-refractivity contribution in [2.45, 2.75) is 78.3 Å². The standard InChI is InChI=1S/C41H43N4O4/c1-3-44-38(46)32-17-11-15-30-28(19-21-34(36(30)32)40(44)48)13-7-5-6-9-23-42-25-26-43(27-42)24-10-8-14-29-20-22-35-37-31(29)16-12-18-33(37)39(47)45(4-2)41(35)49/h11-12,15-22,25-27H,3-10,13-14,23-24H2,1-2H3/q+1. The van der Waals surface area contributed by atoms with Gasteiger partial charge in [-0.1, -0.05) is 42.8 Å². The van der Waals surface area contributed by atoms with Gasteiger partial charge in [0.25, 0.3) is 23.6 Å². The molecule has 8 nitrogen and oxygen atoms in total. The number of amides is 4. The number of aromatic nitrogens is 2. The Balaban J connectivity index is 0.865. The first-order valence-corrected chi connectivity index (χ1v) is 17.8. The highest BCUT2D eigenvalue weighted by molar-refractivity contribution is 6.26. The lowest BCUT2D eigenvalue weighted by molar-refractivity contribution is -0.696. The monoisotopic (exact) mass is 655 g/mol. The van der Waals surface area contributed by atoms with E-state index >= 15 is 0 Å². The highest BCUT2D eigenvalue weighted by Gasteiger charge is 2.33. The molecule has 0 aliphatic carbocycles. The molecule has 0 saturated heterocycles. The Bertz CT molecular complexity index is 2070. The summed E-state index contributed by atoms with van der Waals surface area (Å²) < 4.78 is 4.51. The van der Waals surface area contributed by atoms with Gasteiger partial charge < -0.3 is 0 Å². The van der Waals surface area contributed by atoms with Gasteiger partial charge in [0, 0.05) is 46.1 Å². The van der Waals surface area contributed by atoms with Crippen LogP contribution in [0.3, 0.4) is 0 Å². The Morgan fingerprint density at radius 1 is 0.551 bits per heavy atom. The van der Waals surface area contributed by atoms with Crippen molar-refractivity contribution in [2.75, 3.05) is 13.1 Å². The van der Waals surface area contributed by atoms with E-state index in [1.807, 2.05) is 62.4 Å². The molecule has 0 saturated carbocycles. The highest BCUT2D eigenvalue weighted by atomic mass is 16.2. The summed E-state index contributed by atoms with van der Waals surface area (Å²) in [6, 6.07) is 19.5. The van der Waals surface area contributed by atoms with Crippen LogP contribution in [0.4, 0.5) is 0 Å². The fourth-order valence-corrected chi connectivity index (χ4v) is 7.70. The molecule has 2 aliphatic rings. The molecule has 5 aromatic rings. The number of carbonyl (C=O) groups excluding carboxylic acids is 4. The van der Waals surface area contributed by atoms with Crippen molar-refractivity contribution in [1.29, 1.82) is 0 Å². The van der Waals surface area contributed by atoms with Gasteiger partial charge >= 0.3 is 0 Å². The molecule has 0 N–H and O–H groups in total. The van der Waals surface area contributed by atoms with Crippen molar-refractivity contribution in [1.82, 2.24) is 14.4 Å². The second-order valence-electron chi connectivity index (χ2n) is 13.2. The normalized spacial score (nSPS) is 14.2. The maximum Gasteiger partial charge on any atom is 0.261 e. The van der Waals surface area contributed by atoms with Crippen LogP contribution in [0.1, 0.15) is 105 Å². The van der Waals surface area contributed by atoms with Crippen molar-refractivity contribution >= 4 is 45.2 Å². The minimum atomic E-state index is -0.199. The van der Waals surface area contributed by atoms with Gasteiger partial charge in [-0.2, -0.15) is 0 Å². The summed E-state index contributed by atoms with van der Waals surface area (Å²) in [7, 11) is 0. The van der Waals surface area contributed by atoms with Gasteiger partial charge in [-0.3, -0.25) is 29.0 Å². The first-order valence-electron chi connectivity index (χ1n) is 17.8. The van der Waals surface area contributed by atoms with Crippen LogP contribution in [-0.4, -0.2) is 51.1 Å². The zero-order chi connectivity index (χ0) is 34.1. The maximum absolute atomic E-state index is 12.9. The number of aryl methyl sites for hydroxylation is 4. The summed E-state index contributed by atoms with van der Waals surface area (Å²) in [5, 5.41) is 3.67. The van der Waals surface area contributed by atoms with Gasteiger partial charge in [0.15, 0.2) is 0 Å². The topological polar surface area (TPSA) is 83.6 Å². The second-order valence-corrected chi connectivity index (χ2v) is 13.2. The Morgan fingerprint density at radius 3 is 1.57 bits per heavy atom. The zero-order valence-electron chi connectivity index (χ0n) is 28.4. The number of hydrogen-bond donors (Lipinski definition) is 0. The molecule has 49 heavy (non-hydrogen) atoms. The minimum Gasteiger partial charge on any atom is -0.275 e. The number of imide groups is 2. The number of unbranched alkanes of at least 4 members (excludes halogenated alkanes) is 4. The first kappa shape index (κ1) is 32.4. The van der Waals surface area contributed by atoms with Crippen LogP contribution in [-0.2, 0) is 25.9 Å². The van der Waals surface area contributed by atoms with Crippen LogP contribution in [0, 0.1) is 0 Å². The van der Waals surface area contributed by atoms with Crippen molar-refractivity contribution in [2.24, 2.45) is 0 Å². The van der Waals surface area contributed by atoms with Gasteiger partial charge in [0.1, 0.15) is 12.4 Å². The van der Waals surface area contributed by atoms with Crippen molar-refractivity contribution in [3.8, 4) is 0 Å². The number of nitrogens with zero attached hydrogens (tertiary/aromatic N) is 4. The lowest BCUT2D eigenvalue weighted by Gasteiger charge is -2.26. The highest BCUT2D eigenvalue weighted by Crippen LogP contribution is 2.34. The lowest BCUT2D eigenvalue weighted by atomic mass is 9.90. The van der Waals surface area contributed by atoms with Crippen LogP contribution in [0.5, 0.6) is 0 Å². The molecular weight excluding hydrogens is 612 g/mol. The number of carbonyl (C=O) groups is 4. The number of benzene rings is 4. The molecule has 0 unspecified atom stereocenters. The maximum atomic E-state index is 12.9. The fourth-order valence-electron chi connectivity index (χ4n) is 7.70. The molecule has 0 spiro atoms. The third-order valence-corrected chi connectivity index (χ3v) is 10.3. The van der Waals surface area contributed by atoms with Crippen molar-refractivity contribution in [3.05, 3.63) is 113 Å².